The number of rotatable bonds is 5. The van der Waals surface area contributed by atoms with Crippen LogP contribution in [-0.4, -0.2) is 18.1 Å². The summed E-state index contributed by atoms with van der Waals surface area (Å²) in [6.07, 6.45) is 1.42. The summed E-state index contributed by atoms with van der Waals surface area (Å²) in [5.74, 6) is -0.549. The molecule has 0 spiro atoms. The summed E-state index contributed by atoms with van der Waals surface area (Å²) >= 11 is 9.15. The van der Waals surface area contributed by atoms with E-state index in [-0.39, 0.29) is 5.91 Å². The first kappa shape index (κ1) is 19.8. The molecule has 0 saturated carbocycles. The maximum Gasteiger partial charge on any atom is 0.343 e. The molecule has 0 aliphatic carbocycles. The molecule has 0 radical (unpaired) electrons. The van der Waals surface area contributed by atoms with Crippen molar-refractivity contribution < 1.29 is 14.3 Å². The number of nitrogens with one attached hydrogen (secondary N) is 1. The standard InChI is InChI=1S/C21H14BrClN2O3/c22-17-6-3-5-15(12-17)20(26)25-24-13-16-4-1-2-7-19(16)28-21(27)14-8-10-18(23)11-9-14/h1-13H,(H,25,26). The number of para-hydroxylation sites is 1. The first-order chi connectivity index (χ1) is 13.5. The number of benzene rings is 3. The molecule has 140 valence electrons. The Labute approximate surface area is 175 Å². The topological polar surface area (TPSA) is 67.8 Å². The molecule has 1 N–H and O–H groups in total. The second-order valence-electron chi connectivity index (χ2n) is 5.64. The smallest absolute Gasteiger partial charge is 0.343 e. The fourth-order valence-corrected chi connectivity index (χ4v) is 2.80. The van der Waals surface area contributed by atoms with Crippen molar-refractivity contribution in [3.8, 4) is 5.75 Å². The van der Waals surface area contributed by atoms with Crippen LogP contribution in [0.15, 0.2) is 82.4 Å². The van der Waals surface area contributed by atoms with E-state index in [9.17, 15) is 9.59 Å². The third kappa shape index (κ3) is 5.28. The molecule has 7 heteroatoms. The van der Waals surface area contributed by atoms with Gasteiger partial charge in [0.25, 0.3) is 5.91 Å². The van der Waals surface area contributed by atoms with Crippen molar-refractivity contribution in [2.24, 2.45) is 5.10 Å². The molecule has 0 bridgehead atoms. The minimum atomic E-state index is -0.518. The van der Waals surface area contributed by atoms with Crippen LogP contribution >= 0.6 is 27.5 Å². The molecule has 0 heterocycles. The Bertz CT molecular complexity index is 1040. The van der Waals surface area contributed by atoms with Gasteiger partial charge in [-0.1, -0.05) is 45.7 Å². The van der Waals surface area contributed by atoms with Crippen molar-refractivity contribution in [2.75, 3.05) is 0 Å². The van der Waals surface area contributed by atoms with Gasteiger partial charge in [0.15, 0.2) is 0 Å². The highest BCUT2D eigenvalue weighted by molar-refractivity contribution is 9.10. The summed E-state index contributed by atoms with van der Waals surface area (Å²) in [5, 5.41) is 4.48. The van der Waals surface area contributed by atoms with Crippen molar-refractivity contribution in [1.29, 1.82) is 0 Å². The van der Waals surface area contributed by atoms with Crippen molar-refractivity contribution in [1.82, 2.24) is 5.43 Å². The van der Waals surface area contributed by atoms with Crippen molar-refractivity contribution in [2.45, 2.75) is 0 Å². The minimum absolute atomic E-state index is 0.322. The number of hydrazone groups is 1. The Morgan fingerprint density at radius 1 is 0.964 bits per heavy atom. The van der Waals surface area contributed by atoms with Gasteiger partial charge in [-0.2, -0.15) is 5.10 Å². The van der Waals surface area contributed by atoms with Gasteiger partial charge in [-0.15, -0.1) is 0 Å². The van der Waals surface area contributed by atoms with Gasteiger partial charge in [0.1, 0.15) is 5.75 Å². The van der Waals surface area contributed by atoms with Gasteiger partial charge in [-0.05, 0) is 54.6 Å². The van der Waals surface area contributed by atoms with Crippen LogP contribution in [0.4, 0.5) is 0 Å². The van der Waals surface area contributed by atoms with Crippen LogP contribution in [0.2, 0.25) is 5.02 Å². The second kappa shape index (κ2) is 9.30. The van der Waals surface area contributed by atoms with E-state index in [2.05, 4.69) is 26.5 Å². The van der Waals surface area contributed by atoms with Crippen LogP contribution in [0.25, 0.3) is 0 Å². The van der Waals surface area contributed by atoms with E-state index in [1.54, 1.807) is 66.7 Å². The van der Waals surface area contributed by atoms with Gasteiger partial charge in [-0.25, -0.2) is 10.2 Å². The van der Waals surface area contributed by atoms with Crippen LogP contribution in [0.1, 0.15) is 26.3 Å². The molecule has 28 heavy (non-hydrogen) atoms. The van der Waals surface area contributed by atoms with Gasteiger partial charge in [0.2, 0.25) is 0 Å². The summed E-state index contributed by atoms with van der Waals surface area (Å²) in [6.45, 7) is 0. The van der Waals surface area contributed by atoms with Gasteiger partial charge in [-0.3, -0.25) is 4.79 Å². The average molecular weight is 458 g/mol. The number of amides is 1. The van der Waals surface area contributed by atoms with Crippen LogP contribution in [-0.2, 0) is 0 Å². The van der Waals surface area contributed by atoms with E-state index in [1.165, 1.54) is 6.21 Å². The molecule has 0 unspecified atom stereocenters. The fourth-order valence-electron chi connectivity index (χ4n) is 2.28. The van der Waals surface area contributed by atoms with E-state index in [4.69, 9.17) is 16.3 Å². The molecule has 0 fully saturated rings. The zero-order valence-electron chi connectivity index (χ0n) is 14.4. The summed E-state index contributed by atoms with van der Waals surface area (Å²) in [6, 6.07) is 20.2. The molecular formula is C21H14BrClN2O3. The highest BCUT2D eigenvalue weighted by atomic mass is 79.9. The van der Waals surface area contributed by atoms with Crippen molar-refractivity contribution >= 4 is 45.6 Å². The lowest BCUT2D eigenvalue weighted by Gasteiger charge is -2.07. The minimum Gasteiger partial charge on any atom is -0.422 e. The Balaban J connectivity index is 1.69. The molecular weight excluding hydrogens is 444 g/mol. The lowest BCUT2D eigenvalue weighted by atomic mass is 10.2. The zero-order chi connectivity index (χ0) is 19.9. The van der Waals surface area contributed by atoms with Gasteiger partial charge < -0.3 is 4.74 Å². The first-order valence-electron chi connectivity index (χ1n) is 8.19. The third-order valence-electron chi connectivity index (χ3n) is 3.66. The van der Waals surface area contributed by atoms with Crippen molar-refractivity contribution in [3.05, 3.63) is 99.0 Å². The molecule has 1 amide bonds. The van der Waals surface area contributed by atoms with Gasteiger partial charge in [0, 0.05) is 20.6 Å². The molecule has 3 aromatic carbocycles. The molecule has 0 aliphatic rings. The predicted molar refractivity (Wildman–Crippen MR) is 112 cm³/mol. The average Bonchev–Trinajstić information content (AvgIpc) is 2.69. The van der Waals surface area contributed by atoms with Crippen LogP contribution in [0, 0.1) is 0 Å². The number of carbonyl (C=O) groups is 2. The summed E-state index contributed by atoms with van der Waals surface area (Å²) in [4.78, 5) is 24.4. The van der Waals surface area contributed by atoms with Crippen LogP contribution in [0.5, 0.6) is 5.75 Å². The Morgan fingerprint density at radius 2 is 1.71 bits per heavy atom. The van der Waals surface area contributed by atoms with Crippen LogP contribution < -0.4 is 10.2 Å². The number of nitrogens with zero attached hydrogens (tertiary/aromatic N) is 1. The molecule has 3 rings (SSSR count). The molecule has 3 aromatic rings. The molecule has 5 nitrogen and oxygen atoms in total. The second-order valence-corrected chi connectivity index (χ2v) is 7.00. The van der Waals surface area contributed by atoms with Gasteiger partial charge >= 0.3 is 5.97 Å². The number of esters is 1. The number of halogens is 2. The largest absolute Gasteiger partial charge is 0.422 e. The van der Waals surface area contributed by atoms with E-state index >= 15 is 0 Å². The first-order valence-corrected chi connectivity index (χ1v) is 9.36. The Hall–Kier alpha value is -2.96. The predicted octanol–water partition coefficient (Wildman–Crippen LogP) is 5.09. The highest BCUT2D eigenvalue weighted by Crippen LogP contribution is 2.18. The third-order valence-corrected chi connectivity index (χ3v) is 4.40. The highest BCUT2D eigenvalue weighted by Gasteiger charge is 2.11. The summed E-state index contributed by atoms with van der Waals surface area (Å²) in [5.41, 5.74) is 3.83. The number of ether oxygens (including phenoxy) is 1. The Morgan fingerprint density at radius 3 is 2.46 bits per heavy atom. The van der Waals surface area contributed by atoms with E-state index < -0.39 is 5.97 Å². The van der Waals surface area contributed by atoms with E-state index in [0.717, 1.165) is 4.47 Å². The molecule has 0 saturated heterocycles. The monoisotopic (exact) mass is 456 g/mol. The zero-order valence-corrected chi connectivity index (χ0v) is 16.8. The lowest BCUT2D eigenvalue weighted by Crippen LogP contribution is -2.17. The molecule has 0 aromatic heterocycles. The molecule has 0 aliphatic heterocycles. The maximum atomic E-state index is 12.3. The summed E-state index contributed by atoms with van der Waals surface area (Å²) < 4.78 is 6.23. The van der Waals surface area contributed by atoms with E-state index in [0.29, 0.717) is 27.5 Å². The van der Waals surface area contributed by atoms with Crippen LogP contribution in [0.3, 0.4) is 0 Å². The number of carbonyl (C=O) groups excluding carboxylic acids is 2. The van der Waals surface area contributed by atoms with Crippen molar-refractivity contribution in [3.63, 3.8) is 0 Å². The maximum absolute atomic E-state index is 12.3. The number of hydrogen-bond donors (Lipinski definition) is 1. The van der Waals surface area contributed by atoms with E-state index in [1.807, 2.05) is 6.07 Å². The summed E-state index contributed by atoms with van der Waals surface area (Å²) in [7, 11) is 0. The number of hydrogen-bond acceptors (Lipinski definition) is 4. The molecule has 0 atom stereocenters. The lowest BCUT2D eigenvalue weighted by molar-refractivity contribution is 0.0734. The fraction of sp³-hybridized carbons (Fsp3) is 0. The normalized spacial score (nSPS) is 10.6. The quantitative estimate of drug-likeness (QED) is 0.251. The SMILES string of the molecule is O=C(NN=Cc1ccccc1OC(=O)c1ccc(Cl)cc1)c1cccc(Br)c1. The van der Waals surface area contributed by atoms with Gasteiger partial charge in [0.05, 0.1) is 11.8 Å². The Kier molecular flexibility index (Phi) is 6.57.